The maximum absolute atomic E-state index is 13.3. The van der Waals surface area contributed by atoms with Crippen LogP contribution in [-0.2, 0) is 17.8 Å². The third-order valence-corrected chi connectivity index (χ3v) is 5.33. The van der Waals surface area contributed by atoms with Crippen LogP contribution in [0.1, 0.15) is 34.3 Å². The van der Waals surface area contributed by atoms with Crippen molar-refractivity contribution in [2.75, 3.05) is 4.90 Å². The van der Waals surface area contributed by atoms with Gasteiger partial charge in [-0.15, -0.1) is 0 Å². The Morgan fingerprint density at radius 2 is 1.53 bits per heavy atom. The fourth-order valence-electron chi connectivity index (χ4n) is 3.28. The summed E-state index contributed by atoms with van der Waals surface area (Å²) in [5.74, 6) is -0.0571. The van der Waals surface area contributed by atoms with Crippen molar-refractivity contribution in [1.82, 2.24) is 5.32 Å². The van der Waals surface area contributed by atoms with E-state index in [1.165, 1.54) is 0 Å². The van der Waals surface area contributed by atoms with Gasteiger partial charge in [-0.3, -0.25) is 9.59 Å². The molecule has 1 saturated carbocycles. The molecule has 1 aliphatic carbocycles. The Labute approximate surface area is 181 Å². The Morgan fingerprint density at radius 1 is 0.867 bits per heavy atom. The number of carbonyl (C=O) groups is 2. The molecule has 0 atom stereocenters. The lowest BCUT2D eigenvalue weighted by atomic mass is 10.1. The molecule has 30 heavy (non-hydrogen) atoms. The highest BCUT2D eigenvalue weighted by Crippen LogP contribution is 2.23. The average Bonchev–Trinajstić information content (AvgIpc) is 3.57. The van der Waals surface area contributed by atoms with Crippen molar-refractivity contribution in [3.63, 3.8) is 0 Å². The summed E-state index contributed by atoms with van der Waals surface area (Å²) in [5.41, 5.74) is 3.32. The summed E-state index contributed by atoms with van der Waals surface area (Å²) in [7, 11) is 0. The molecule has 0 unspecified atom stereocenters. The molecule has 3 aromatic carbocycles. The first-order valence-corrected chi connectivity index (χ1v) is 10.5. The molecule has 0 heterocycles. The highest BCUT2D eigenvalue weighted by molar-refractivity contribution is 6.30. The van der Waals surface area contributed by atoms with Crippen LogP contribution in [0, 0.1) is 0 Å². The Hall–Kier alpha value is -3.11. The molecular formula is C25H23ClN2O2. The van der Waals surface area contributed by atoms with Gasteiger partial charge in [-0.2, -0.15) is 0 Å². The van der Waals surface area contributed by atoms with Crippen molar-refractivity contribution >= 4 is 29.1 Å². The third-order valence-electron chi connectivity index (χ3n) is 5.07. The molecule has 4 rings (SSSR count). The summed E-state index contributed by atoms with van der Waals surface area (Å²) in [6.07, 6.45) is 2.50. The number of halogens is 1. The maximum atomic E-state index is 13.3. The topological polar surface area (TPSA) is 49.4 Å². The number of hydrogen-bond acceptors (Lipinski definition) is 2. The maximum Gasteiger partial charge on any atom is 0.258 e. The van der Waals surface area contributed by atoms with Crippen LogP contribution in [0.4, 0.5) is 5.69 Å². The first kappa shape index (κ1) is 20.2. The number of amides is 2. The highest BCUT2D eigenvalue weighted by Gasteiger charge is 2.23. The number of rotatable bonds is 7. The molecular weight excluding hydrogens is 396 g/mol. The van der Waals surface area contributed by atoms with Gasteiger partial charge in [0.2, 0.25) is 5.91 Å². The lowest BCUT2D eigenvalue weighted by molar-refractivity contribution is -0.120. The molecule has 0 aromatic heterocycles. The molecule has 152 valence electrons. The highest BCUT2D eigenvalue weighted by atomic mass is 35.5. The molecule has 3 aromatic rings. The number of benzene rings is 3. The summed E-state index contributed by atoms with van der Waals surface area (Å²) >= 11 is 5.98. The Kier molecular flexibility index (Phi) is 6.15. The van der Waals surface area contributed by atoms with E-state index in [9.17, 15) is 9.59 Å². The minimum absolute atomic E-state index is 0.0450. The average molecular weight is 419 g/mol. The molecule has 1 aliphatic rings. The zero-order chi connectivity index (χ0) is 20.9. The van der Waals surface area contributed by atoms with Crippen molar-refractivity contribution in [1.29, 1.82) is 0 Å². The first-order valence-electron chi connectivity index (χ1n) is 10.1. The van der Waals surface area contributed by atoms with E-state index in [4.69, 9.17) is 11.6 Å². The predicted molar refractivity (Wildman–Crippen MR) is 120 cm³/mol. The zero-order valence-electron chi connectivity index (χ0n) is 16.6. The zero-order valence-corrected chi connectivity index (χ0v) is 17.3. The molecule has 4 nitrogen and oxygen atoms in total. The van der Waals surface area contributed by atoms with E-state index in [2.05, 4.69) is 5.32 Å². The smallest absolute Gasteiger partial charge is 0.258 e. The van der Waals surface area contributed by atoms with Crippen LogP contribution in [0.2, 0.25) is 5.02 Å². The van der Waals surface area contributed by atoms with Gasteiger partial charge in [-0.1, -0.05) is 54.1 Å². The molecule has 0 bridgehead atoms. The van der Waals surface area contributed by atoms with Gasteiger partial charge < -0.3 is 10.2 Å². The molecule has 1 N–H and O–H groups in total. The van der Waals surface area contributed by atoms with E-state index >= 15 is 0 Å². The van der Waals surface area contributed by atoms with E-state index in [1.807, 2.05) is 54.6 Å². The molecule has 0 spiro atoms. The number of hydrogen-bond donors (Lipinski definition) is 1. The third kappa shape index (κ3) is 5.28. The normalized spacial score (nSPS) is 13.0. The lowest BCUT2D eigenvalue weighted by Crippen LogP contribution is -2.30. The van der Waals surface area contributed by atoms with Crippen molar-refractivity contribution in [2.45, 2.75) is 31.8 Å². The minimum atomic E-state index is -0.102. The van der Waals surface area contributed by atoms with Crippen LogP contribution in [0.3, 0.4) is 0 Å². The molecule has 0 aliphatic heterocycles. The fraction of sp³-hybridized carbons (Fsp3) is 0.200. The van der Waals surface area contributed by atoms with Crippen molar-refractivity contribution in [3.8, 4) is 0 Å². The van der Waals surface area contributed by atoms with Gasteiger partial charge in [0.15, 0.2) is 0 Å². The predicted octanol–water partition coefficient (Wildman–Crippen LogP) is 5.01. The lowest BCUT2D eigenvalue weighted by Gasteiger charge is -2.23. The summed E-state index contributed by atoms with van der Waals surface area (Å²) in [4.78, 5) is 27.1. The Balaban J connectivity index is 1.55. The largest absolute Gasteiger partial charge is 0.353 e. The Morgan fingerprint density at radius 3 is 2.17 bits per heavy atom. The second kappa shape index (κ2) is 9.14. The van der Waals surface area contributed by atoms with E-state index in [-0.39, 0.29) is 11.8 Å². The van der Waals surface area contributed by atoms with Gasteiger partial charge in [-0.05, 0) is 60.4 Å². The first-order chi connectivity index (χ1) is 14.6. The van der Waals surface area contributed by atoms with Crippen LogP contribution in [0.5, 0.6) is 0 Å². The van der Waals surface area contributed by atoms with Crippen LogP contribution in [-0.4, -0.2) is 17.9 Å². The van der Waals surface area contributed by atoms with Crippen molar-refractivity contribution < 1.29 is 9.59 Å². The van der Waals surface area contributed by atoms with E-state index < -0.39 is 0 Å². The summed E-state index contributed by atoms with van der Waals surface area (Å²) < 4.78 is 0. The van der Waals surface area contributed by atoms with Gasteiger partial charge in [-0.25, -0.2) is 0 Å². The molecule has 1 fully saturated rings. The second-order valence-corrected chi connectivity index (χ2v) is 8.01. The Bertz CT molecular complexity index is 1010. The molecule has 5 heteroatoms. The molecule has 0 radical (unpaired) electrons. The monoisotopic (exact) mass is 418 g/mol. The van der Waals surface area contributed by atoms with Crippen LogP contribution >= 0.6 is 11.6 Å². The van der Waals surface area contributed by atoms with Crippen LogP contribution in [0.25, 0.3) is 0 Å². The van der Waals surface area contributed by atoms with E-state index in [0.717, 1.165) is 29.7 Å². The number of carbonyl (C=O) groups excluding carboxylic acids is 2. The summed E-state index contributed by atoms with van der Waals surface area (Å²) in [6, 6.07) is 24.8. The van der Waals surface area contributed by atoms with E-state index in [0.29, 0.717) is 29.6 Å². The second-order valence-electron chi connectivity index (χ2n) is 7.57. The van der Waals surface area contributed by atoms with Gasteiger partial charge in [0.25, 0.3) is 5.91 Å². The van der Waals surface area contributed by atoms with Crippen molar-refractivity contribution in [3.05, 3.63) is 101 Å². The van der Waals surface area contributed by atoms with Crippen LogP contribution in [0.15, 0.2) is 78.9 Å². The molecule has 0 saturated heterocycles. The minimum Gasteiger partial charge on any atom is -0.353 e. The quantitative estimate of drug-likeness (QED) is 0.586. The summed E-state index contributed by atoms with van der Waals surface area (Å²) in [5, 5.41) is 3.59. The number of nitrogens with one attached hydrogen (secondary N) is 1. The van der Waals surface area contributed by atoms with Gasteiger partial charge in [0.1, 0.15) is 0 Å². The van der Waals surface area contributed by atoms with Crippen molar-refractivity contribution in [2.24, 2.45) is 0 Å². The molecule has 2 amide bonds. The van der Waals surface area contributed by atoms with Gasteiger partial charge >= 0.3 is 0 Å². The fourth-order valence-corrected chi connectivity index (χ4v) is 3.41. The van der Waals surface area contributed by atoms with E-state index in [1.54, 1.807) is 29.2 Å². The standard InChI is InChI=1S/C25H23ClN2O2/c26-21-10-8-20(9-11-21)25(30)28(17-19-4-2-1-3-5-19)23-14-6-18(7-15-23)16-24(29)27-22-12-13-22/h1-11,14-15,22H,12-13,16-17H2,(H,27,29). The SMILES string of the molecule is O=C(Cc1ccc(N(Cc2ccccc2)C(=O)c2ccc(Cl)cc2)cc1)NC1CC1. The van der Waals surface area contributed by atoms with Gasteiger partial charge in [0.05, 0.1) is 13.0 Å². The van der Waals surface area contributed by atoms with Gasteiger partial charge in [0, 0.05) is 22.3 Å². The summed E-state index contributed by atoms with van der Waals surface area (Å²) in [6.45, 7) is 0.448. The van der Waals surface area contributed by atoms with Crippen LogP contribution < -0.4 is 10.2 Å². The number of nitrogens with zero attached hydrogens (tertiary/aromatic N) is 1. The number of anilines is 1.